The molecule has 0 aliphatic rings. The van der Waals surface area contributed by atoms with Crippen molar-refractivity contribution in [2.75, 3.05) is 5.73 Å². The van der Waals surface area contributed by atoms with Gasteiger partial charge in [-0.25, -0.2) is 9.97 Å². The third kappa shape index (κ3) is 2.14. The first-order valence-electron chi connectivity index (χ1n) is 5.08. The van der Waals surface area contributed by atoms with Crippen molar-refractivity contribution in [3.05, 3.63) is 41.3 Å². The second-order valence-corrected chi connectivity index (χ2v) is 3.89. The fourth-order valence-corrected chi connectivity index (χ4v) is 1.67. The van der Waals surface area contributed by atoms with Gasteiger partial charge in [0.2, 0.25) is 0 Å². The summed E-state index contributed by atoms with van der Waals surface area (Å²) in [7, 11) is 0. The lowest BCUT2D eigenvalue weighted by molar-refractivity contribution is 0.946. The molecule has 1 aromatic heterocycles. The fourth-order valence-electron chi connectivity index (χ4n) is 1.48. The monoisotopic (exact) mass is 233 g/mol. The fraction of sp³-hybridized carbons (Fsp3) is 0.167. The molecule has 0 radical (unpaired) electrons. The van der Waals surface area contributed by atoms with E-state index in [0.717, 1.165) is 23.4 Å². The molecule has 82 valence electrons. The van der Waals surface area contributed by atoms with Gasteiger partial charge in [-0.05, 0) is 17.7 Å². The highest BCUT2D eigenvalue weighted by atomic mass is 35.5. The zero-order chi connectivity index (χ0) is 11.5. The minimum Gasteiger partial charge on any atom is -0.383 e. The van der Waals surface area contributed by atoms with Crippen molar-refractivity contribution in [3.63, 3.8) is 0 Å². The van der Waals surface area contributed by atoms with Crippen molar-refractivity contribution in [2.45, 2.75) is 13.3 Å². The van der Waals surface area contributed by atoms with Crippen LogP contribution >= 0.6 is 11.6 Å². The van der Waals surface area contributed by atoms with Crippen LogP contribution in [-0.2, 0) is 6.42 Å². The molecule has 3 nitrogen and oxygen atoms in total. The lowest BCUT2D eigenvalue weighted by Crippen LogP contribution is -2.00. The van der Waals surface area contributed by atoms with E-state index in [-0.39, 0.29) is 0 Å². The lowest BCUT2D eigenvalue weighted by Gasteiger charge is -2.06. The summed E-state index contributed by atoms with van der Waals surface area (Å²) < 4.78 is 0. The van der Waals surface area contributed by atoms with Crippen molar-refractivity contribution in [1.29, 1.82) is 0 Å². The smallest absolute Gasteiger partial charge is 0.135 e. The summed E-state index contributed by atoms with van der Waals surface area (Å²) in [4.78, 5) is 8.45. The van der Waals surface area contributed by atoms with Gasteiger partial charge in [-0.3, -0.25) is 0 Å². The summed E-state index contributed by atoms with van der Waals surface area (Å²) in [6, 6.07) is 7.49. The molecule has 0 unspecified atom stereocenters. The van der Waals surface area contributed by atoms with E-state index in [1.54, 1.807) is 6.20 Å². The zero-order valence-electron chi connectivity index (χ0n) is 8.94. The number of hydrogen-bond donors (Lipinski definition) is 1. The predicted molar refractivity (Wildman–Crippen MR) is 66.3 cm³/mol. The summed E-state index contributed by atoms with van der Waals surface area (Å²) in [6.45, 7) is 1.99. The number of aromatic nitrogens is 2. The minimum absolute atomic E-state index is 0.495. The molecule has 2 N–H and O–H groups in total. The Morgan fingerprint density at radius 3 is 2.81 bits per heavy atom. The average molecular weight is 234 g/mol. The molecule has 1 heterocycles. The first kappa shape index (κ1) is 10.9. The average Bonchev–Trinajstić information content (AvgIpc) is 2.28. The molecule has 0 spiro atoms. The van der Waals surface area contributed by atoms with Crippen LogP contribution in [0.2, 0.25) is 5.02 Å². The number of benzene rings is 1. The summed E-state index contributed by atoms with van der Waals surface area (Å²) in [5, 5.41) is 0.677. The number of nitrogens with two attached hydrogens (primary N) is 1. The maximum atomic E-state index is 5.92. The van der Waals surface area contributed by atoms with E-state index in [9.17, 15) is 0 Å². The molecular formula is C12H12ClN3. The highest BCUT2D eigenvalue weighted by Crippen LogP contribution is 2.25. The molecule has 0 fully saturated rings. The Morgan fingerprint density at radius 1 is 1.38 bits per heavy atom. The van der Waals surface area contributed by atoms with Crippen LogP contribution < -0.4 is 5.73 Å². The van der Waals surface area contributed by atoms with Gasteiger partial charge in [-0.15, -0.1) is 0 Å². The van der Waals surface area contributed by atoms with Crippen LogP contribution in [0.25, 0.3) is 11.1 Å². The van der Waals surface area contributed by atoms with Gasteiger partial charge in [0, 0.05) is 23.2 Å². The van der Waals surface area contributed by atoms with E-state index >= 15 is 0 Å². The van der Waals surface area contributed by atoms with Crippen LogP contribution in [-0.4, -0.2) is 9.97 Å². The molecule has 4 heteroatoms. The van der Waals surface area contributed by atoms with E-state index in [4.69, 9.17) is 17.3 Å². The zero-order valence-corrected chi connectivity index (χ0v) is 9.70. The Labute approximate surface area is 99.3 Å². The number of nitrogen functional groups attached to an aromatic ring is 1. The number of aryl methyl sites for hydroxylation is 1. The standard InChI is InChI=1S/C12H12ClN3/c1-2-11-15-7-10(12(14)16-11)8-4-3-5-9(13)6-8/h3-7H,2H2,1H3,(H2,14,15,16). The van der Waals surface area contributed by atoms with Gasteiger partial charge in [0.15, 0.2) is 0 Å². The van der Waals surface area contributed by atoms with Gasteiger partial charge in [-0.1, -0.05) is 30.7 Å². The predicted octanol–water partition coefficient (Wildman–Crippen LogP) is 2.94. The van der Waals surface area contributed by atoms with E-state index in [0.29, 0.717) is 10.8 Å². The normalized spacial score (nSPS) is 10.4. The third-order valence-corrected chi connectivity index (χ3v) is 2.56. The van der Waals surface area contributed by atoms with Gasteiger partial charge in [0.1, 0.15) is 11.6 Å². The SMILES string of the molecule is CCc1ncc(-c2cccc(Cl)c2)c(N)n1. The van der Waals surface area contributed by atoms with Crippen LogP contribution in [0.3, 0.4) is 0 Å². The maximum absolute atomic E-state index is 5.92. The molecule has 0 aliphatic heterocycles. The molecule has 16 heavy (non-hydrogen) atoms. The Bertz CT molecular complexity index is 511. The van der Waals surface area contributed by atoms with Crippen LogP contribution in [0, 0.1) is 0 Å². The van der Waals surface area contributed by atoms with Gasteiger partial charge < -0.3 is 5.73 Å². The number of nitrogens with zero attached hydrogens (tertiary/aromatic N) is 2. The molecule has 0 aliphatic carbocycles. The second kappa shape index (κ2) is 4.49. The van der Waals surface area contributed by atoms with E-state index in [2.05, 4.69) is 9.97 Å². The van der Waals surface area contributed by atoms with E-state index < -0.39 is 0 Å². The second-order valence-electron chi connectivity index (χ2n) is 3.45. The Morgan fingerprint density at radius 2 is 2.19 bits per heavy atom. The first-order valence-corrected chi connectivity index (χ1v) is 5.46. The Kier molecular flexibility index (Phi) is 3.06. The quantitative estimate of drug-likeness (QED) is 0.868. The Hall–Kier alpha value is -1.61. The maximum Gasteiger partial charge on any atom is 0.135 e. The number of anilines is 1. The van der Waals surface area contributed by atoms with Crippen molar-refractivity contribution in [3.8, 4) is 11.1 Å². The van der Waals surface area contributed by atoms with Gasteiger partial charge >= 0.3 is 0 Å². The number of halogens is 1. The molecule has 2 aromatic rings. The molecule has 0 amide bonds. The molecule has 0 saturated carbocycles. The minimum atomic E-state index is 0.495. The molecule has 0 saturated heterocycles. The van der Waals surface area contributed by atoms with Crippen LogP contribution in [0.5, 0.6) is 0 Å². The van der Waals surface area contributed by atoms with E-state index in [1.807, 2.05) is 31.2 Å². The van der Waals surface area contributed by atoms with Crippen molar-refractivity contribution >= 4 is 17.4 Å². The van der Waals surface area contributed by atoms with E-state index in [1.165, 1.54) is 0 Å². The summed E-state index contributed by atoms with van der Waals surface area (Å²) in [6.07, 6.45) is 2.52. The first-order chi connectivity index (χ1) is 7.70. The molecule has 2 rings (SSSR count). The van der Waals surface area contributed by atoms with Crippen molar-refractivity contribution in [2.24, 2.45) is 0 Å². The number of rotatable bonds is 2. The third-order valence-electron chi connectivity index (χ3n) is 2.32. The number of hydrogen-bond acceptors (Lipinski definition) is 3. The van der Waals surface area contributed by atoms with Gasteiger partial charge in [-0.2, -0.15) is 0 Å². The summed E-state index contributed by atoms with van der Waals surface area (Å²) in [5.74, 6) is 1.25. The van der Waals surface area contributed by atoms with Gasteiger partial charge in [0.25, 0.3) is 0 Å². The molecule has 0 atom stereocenters. The lowest BCUT2D eigenvalue weighted by atomic mass is 10.1. The molecular weight excluding hydrogens is 222 g/mol. The summed E-state index contributed by atoms with van der Waals surface area (Å²) in [5.41, 5.74) is 7.64. The topological polar surface area (TPSA) is 51.8 Å². The molecule has 1 aromatic carbocycles. The largest absolute Gasteiger partial charge is 0.383 e. The van der Waals surface area contributed by atoms with Crippen LogP contribution in [0.15, 0.2) is 30.5 Å². The highest BCUT2D eigenvalue weighted by Gasteiger charge is 2.05. The van der Waals surface area contributed by atoms with Gasteiger partial charge in [0.05, 0.1) is 0 Å². The van der Waals surface area contributed by atoms with Crippen molar-refractivity contribution < 1.29 is 0 Å². The van der Waals surface area contributed by atoms with Crippen LogP contribution in [0.1, 0.15) is 12.7 Å². The highest BCUT2D eigenvalue weighted by molar-refractivity contribution is 6.30. The molecule has 0 bridgehead atoms. The van der Waals surface area contributed by atoms with Crippen molar-refractivity contribution in [1.82, 2.24) is 9.97 Å². The Balaban J connectivity index is 2.48. The summed E-state index contributed by atoms with van der Waals surface area (Å²) >= 11 is 5.92. The van der Waals surface area contributed by atoms with Crippen LogP contribution in [0.4, 0.5) is 5.82 Å².